The fourth-order valence-corrected chi connectivity index (χ4v) is 2.30. The molecule has 0 saturated carbocycles. The van der Waals surface area contributed by atoms with E-state index in [9.17, 15) is 9.59 Å². The Bertz CT molecular complexity index is 588. The first-order chi connectivity index (χ1) is 9.56. The maximum atomic E-state index is 11.8. The molecule has 0 aromatic carbocycles. The fraction of sp³-hybridized carbons (Fsp3) is 0.286. The van der Waals surface area contributed by atoms with Crippen LogP contribution in [0, 0.1) is 6.92 Å². The van der Waals surface area contributed by atoms with Crippen molar-refractivity contribution in [1.82, 2.24) is 5.32 Å². The zero-order chi connectivity index (χ0) is 14.5. The van der Waals surface area contributed by atoms with E-state index < -0.39 is 12.1 Å². The zero-order valence-electron chi connectivity index (χ0n) is 11.2. The normalized spacial score (nSPS) is 11.9. The van der Waals surface area contributed by atoms with Crippen LogP contribution < -0.4 is 5.32 Å². The van der Waals surface area contributed by atoms with E-state index in [4.69, 9.17) is 9.15 Å². The van der Waals surface area contributed by atoms with Gasteiger partial charge in [0.25, 0.3) is 5.91 Å². The van der Waals surface area contributed by atoms with Crippen LogP contribution >= 0.6 is 11.3 Å². The first-order valence-corrected chi connectivity index (χ1v) is 6.95. The maximum Gasteiger partial charge on any atom is 0.349 e. The Labute approximate surface area is 120 Å². The lowest BCUT2D eigenvalue weighted by Gasteiger charge is -2.12. The quantitative estimate of drug-likeness (QED) is 0.860. The molecule has 2 rings (SSSR count). The molecule has 0 aliphatic rings. The largest absolute Gasteiger partial charge is 0.467 e. The van der Waals surface area contributed by atoms with Gasteiger partial charge in [-0.2, -0.15) is 0 Å². The molecule has 0 aliphatic carbocycles. The number of carbonyl (C=O) groups excluding carboxylic acids is 2. The van der Waals surface area contributed by atoms with Crippen molar-refractivity contribution in [3.05, 3.63) is 46.0 Å². The Hall–Kier alpha value is -2.08. The molecule has 0 bridgehead atoms. The Balaban J connectivity index is 1.83. The van der Waals surface area contributed by atoms with E-state index in [1.165, 1.54) is 24.5 Å². The highest BCUT2D eigenvalue weighted by Gasteiger charge is 2.19. The van der Waals surface area contributed by atoms with Gasteiger partial charge in [0, 0.05) is 4.88 Å². The van der Waals surface area contributed by atoms with Crippen LogP contribution in [0.25, 0.3) is 0 Å². The van der Waals surface area contributed by atoms with Crippen LogP contribution in [0.1, 0.15) is 27.2 Å². The predicted molar refractivity (Wildman–Crippen MR) is 74.5 cm³/mol. The first-order valence-electron chi connectivity index (χ1n) is 6.14. The zero-order valence-corrected chi connectivity index (χ0v) is 12.0. The third kappa shape index (κ3) is 3.71. The van der Waals surface area contributed by atoms with Crippen molar-refractivity contribution in [2.75, 3.05) is 0 Å². The van der Waals surface area contributed by atoms with Crippen LogP contribution in [-0.2, 0) is 16.1 Å². The number of furan rings is 1. The minimum absolute atomic E-state index is 0.270. The van der Waals surface area contributed by atoms with E-state index in [2.05, 4.69) is 5.32 Å². The summed E-state index contributed by atoms with van der Waals surface area (Å²) in [6.07, 6.45) is 0.684. The molecule has 0 spiro atoms. The number of amides is 1. The predicted octanol–water partition coefficient (Wildman–Crippen LogP) is 2.51. The van der Waals surface area contributed by atoms with Crippen LogP contribution in [0.3, 0.4) is 0 Å². The van der Waals surface area contributed by atoms with Crippen LogP contribution in [0.15, 0.2) is 34.9 Å². The lowest BCUT2D eigenvalue weighted by Crippen LogP contribution is -2.35. The summed E-state index contributed by atoms with van der Waals surface area (Å²) in [5.41, 5.74) is 0. The van der Waals surface area contributed by atoms with Gasteiger partial charge < -0.3 is 14.5 Å². The minimum Gasteiger partial charge on any atom is -0.467 e. The summed E-state index contributed by atoms with van der Waals surface area (Å²) >= 11 is 1.34. The van der Waals surface area contributed by atoms with Crippen molar-refractivity contribution in [1.29, 1.82) is 0 Å². The summed E-state index contributed by atoms with van der Waals surface area (Å²) in [4.78, 5) is 25.1. The number of aryl methyl sites for hydroxylation is 1. The van der Waals surface area contributed by atoms with Crippen LogP contribution in [0.2, 0.25) is 0 Å². The van der Waals surface area contributed by atoms with Gasteiger partial charge in [-0.3, -0.25) is 4.79 Å². The minimum atomic E-state index is -0.847. The lowest BCUT2D eigenvalue weighted by atomic mass is 10.3. The SMILES string of the molecule is Cc1ccc(C(=O)O[C@H](C)C(=O)NCc2ccco2)s1. The Morgan fingerprint density at radius 1 is 1.40 bits per heavy atom. The molecule has 0 aliphatic heterocycles. The number of hydrogen-bond donors (Lipinski definition) is 1. The monoisotopic (exact) mass is 293 g/mol. The first kappa shape index (κ1) is 14.3. The Morgan fingerprint density at radius 3 is 2.80 bits per heavy atom. The van der Waals surface area contributed by atoms with Gasteiger partial charge in [0.05, 0.1) is 12.8 Å². The summed E-state index contributed by atoms with van der Waals surface area (Å²) in [6.45, 7) is 3.71. The molecule has 0 radical (unpaired) electrons. The van der Waals surface area contributed by atoms with Gasteiger partial charge >= 0.3 is 5.97 Å². The van der Waals surface area contributed by atoms with Crippen molar-refractivity contribution >= 4 is 23.2 Å². The van der Waals surface area contributed by atoms with Crippen molar-refractivity contribution in [3.8, 4) is 0 Å². The summed E-state index contributed by atoms with van der Waals surface area (Å²) < 4.78 is 10.2. The average Bonchev–Trinajstić information content (AvgIpc) is 3.06. The molecular formula is C14H15NO4S. The van der Waals surface area contributed by atoms with Gasteiger partial charge in [-0.25, -0.2) is 4.79 Å². The summed E-state index contributed by atoms with van der Waals surface area (Å²) in [6, 6.07) is 7.02. The van der Waals surface area contributed by atoms with Gasteiger partial charge in [0.2, 0.25) is 0 Å². The molecule has 2 heterocycles. The number of nitrogens with one attached hydrogen (secondary N) is 1. The number of hydrogen-bond acceptors (Lipinski definition) is 5. The van der Waals surface area contributed by atoms with Crippen molar-refractivity contribution in [2.24, 2.45) is 0 Å². The summed E-state index contributed by atoms with van der Waals surface area (Å²) in [7, 11) is 0. The third-order valence-electron chi connectivity index (χ3n) is 2.61. The highest BCUT2D eigenvalue weighted by Crippen LogP contribution is 2.16. The molecule has 1 atom stereocenters. The molecule has 1 amide bonds. The molecule has 0 saturated heterocycles. The highest BCUT2D eigenvalue weighted by molar-refractivity contribution is 7.13. The molecule has 0 unspecified atom stereocenters. The van der Waals surface area contributed by atoms with Gasteiger partial charge in [-0.05, 0) is 38.1 Å². The second-order valence-corrected chi connectivity index (χ2v) is 5.54. The number of carbonyl (C=O) groups is 2. The van der Waals surface area contributed by atoms with Crippen LogP contribution in [-0.4, -0.2) is 18.0 Å². The van der Waals surface area contributed by atoms with E-state index in [-0.39, 0.29) is 12.5 Å². The van der Waals surface area contributed by atoms with E-state index in [0.29, 0.717) is 10.6 Å². The van der Waals surface area contributed by atoms with Gasteiger partial charge in [-0.15, -0.1) is 11.3 Å². The molecular weight excluding hydrogens is 278 g/mol. The van der Waals surface area contributed by atoms with E-state index in [1.54, 1.807) is 18.2 Å². The van der Waals surface area contributed by atoms with Crippen molar-refractivity contribution in [2.45, 2.75) is 26.5 Å². The average molecular weight is 293 g/mol. The number of rotatable bonds is 5. The lowest BCUT2D eigenvalue weighted by molar-refractivity contribution is -0.129. The van der Waals surface area contributed by atoms with Crippen LogP contribution in [0.5, 0.6) is 0 Å². The topological polar surface area (TPSA) is 68.5 Å². The summed E-state index contributed by atoms with van der Waals surface area (Å²) in [5.74, 6) is -0.197. The summed E-state index contributed by atoms with van der Waals surface area (Å²) in [5, 5.41) is 2.64. The Kier molecular flexibility index (Phi) is 4.57. The van der Waals surface area contributed by atoms with Crippen LogP contribution in [0.4, 0.5) is 0 Å². The molecule has 2 aromatic rings. The molecule has 106 valence electrons. The molecule has 6 heteroatoms. The number of thiophene rings is 1. The van der Waals surface area contributed by atoms with Gasteiger partial charge in [0.1, 0.15) is 10.6 Å². The molecule has 5 nitrogen and oxygen atoms in total. The van der Waals surface area contributed by atoms with E-state index in [0.717, 1.165) is 4.88 Å². The second-order valence-electron chi connectivity index (χ2n) is 4.26. The van der Waals surface area contributed by atoms with Gasteiger partial charge in [0.15, 0.2) is 6.10 Å². The van der Waals surface area contributed by atoms with Crippen molar-refractivity contribution < 1.29 is 18.7 Å². The standard InChI is InChI=1S/C14H15NO4S/c1-9-5-6-12(20-9)14(17)19-10(2)13(16)15-8-11-4-3-7-18-11/h3-7,10H,8H2,1-2H3,(H,15,16)/t10-/m1/s1. The smallest absolute Gasteiger partial charge is 0.349 e. The fourth-order valence-electron chi connectivity index (χ4n) is 1.55. The Morgan fingerprint density at radius 2 is 2.20 bits per heavy atom. The number of esters is 1. The second kappa shape index (κ2) is 6.38. The van der Waals surface area contributed by atoms with E-state index in [1.807, 2.05) is 13.0 Å². The molecule has 20 heavy (non-hydrogen) atoms. The molecule has 2 aromatic heterocycles. The molecule has 0 fully saturated rings. The van der Waals surface area contributed by atoms with E-state index >= 15 is 0 Å². The van der Waals surface area contributed by atoms with Crippen molar-refractivity contribution in [3.63, 3.8) is 0 Å². The highest BCUT2D eigenvalue weighted by atomic mass is 32.1. The third-order valence-corrected chi connectivity index (χ3v) is 3.59. The maximum absolute atomic E-state index is 11.8. The number of ether oxygens (including phenoxy) is 1. The van der Waals surface area contributed by atoms with Gasteiger partial charge in [-0.1, -0.05) is 0 Å². The molecule has 1 N–H and O–H groups in total.